The summed E-state index contributed by atoms with van der Waals surface area (Å²) in [6.07, 6.45) is 0. The van der Waals surface area contributed by atoms with Gasteiger partial charge in [0.25, 0.3) is 0 Å². The number of ether oxygens (including phenoxy) is 1. The molecule has 0 unspecified atom stereocenters. The third-order valence-corrected chi connectivity index (χ3v) is 6.70. The standard InChI is InChI=1S/C24H24N6O3/c1-24(2)15-11-17-18(26-22(25-17)21-14-5-3-4-6-16(14)27-28-21)12-19(15)30(23(24)32)13-20(31)29-7-9-33-10-8-29/h3-6,11-12H,7-10,13H2,1-2H3,(H,25,26)(H,27,28). The summed E-state index contributed by atoms with van der Waals surface area (Å²) in [5, 5.41) is 8.47. The van der Waals surface area contributed by atoms with Crippen LogP contribution in [0.3, 0.4) is 0 Å². The summed E-state index contributed by atoms with van der Waals surface area (Å²) >= 11 is 0. The first-order valence-corrected chi connectivity index (χ1v) is 11.1. The molecule has 2 aliphatic heterocycles. The van der Waals surface area contributed by atoms with Crippen molar-refractivity contribution in [2.24, 2.45) is 0 Å². The highest BCUT2D eigenvalue weighted by atomic mass is 16.5. The molecule has 6 rings (SSSR count). The molecule has 2 aromatic carbocycles. The minimum Gasteiger partial charge on any atom is -0.378 e. The van der Waals surface area contributed by atoms with Crippen molar-refractivity contribution in [3.63, 3.8) is 0 Å². The Kier molecular flexibility index (Phi) is 4.31. The second-order valence-electron chi connectivity index (χ2n) is 9.10. The number of fused-ring (bicyclic) bond motifs is 3. The molecule has 0 spiro atoms. The van der Waals surface area contributed by atoms with E-state index in [2.05, 4.69) is 15.2 Å². The van der Waals surface area contributed by atoms with Crippen molar-refractivity contribution in [3.05, 3.63) is 42.0 Å². The summed E-state index contributed by atoms with van der Waals surface area (Å²) in [5.41, 5.74) is 4.13. The van der Waals surface area contributed by atoms with Gasteiger partial charge in [-0.2, -0.15) is 5.10 Å². The maximum absolute atomic E-state index is 13.3. The van der Waals surface area contributed by atoms with E-state index in [9.17, 15) is 9.59 Å². The van der Waals surface area contributed by atoms with E-state index >= 15 is 0 Å². The number of rotatable bonds is 3. The second-order valence-corrected chi connectivity index (χ2v) is 9.10. The molecule has 1 saturated heterocycles. The Hall–Kier alpha value is -3.72. The van der Waals surface area contributed by atoms with Gasteiger partial charge in [0.05, 0.1) is 40.9 Å². The van der Waals surface area contributed by atoms with Gasteiger partial charge in [0.1, 0.15) is 12.2 Å². The van der Waals surface area contributed by atoms with E-state index in [1.807, 2.05) is 50.2 Å². The van der Waals surface area contributed by atoms with Crippen LogP contribution in [0, 0.1) is 0 Å². The third-order valence-electron chi connectivity index (χ3n) is 6.70. The van der Waals surface area contributed by atoms with E-state index in [4.69, 9.17) is 9.72 Å². The lowest BCUT2D eigenvalue weighted by Crippen LogP contribution is -2.47. The quantitative estimate of drug-likeness (QED) is 0.505. The minimum absolute atomic E-state index is 0.0196. The molecule has 2 aliphatic rings. The number of anilines is 1. The van der Waals surface area contributed by atoms with Crippen LogP contribution in [0.2, 0.25) is 0 Å². The number of imidazole rings is 1. The van der Waals surface area contributed by atoms with Crippen molar-refractivity contribution in [3.8, 4) is 11.5 Å². The van der Waals surface area contributed by atoms with Crippen LogP contribution in [-0.4, -0.2) is 69.7 Å². The van der Waals surface area contributed by atoms with Gasteiger partial charge >= 0.3 is 0 Å². The van der Waals surface area contributed by atoms with Crippen LogP contribution < -0.4 is 4.90 Å². The maximum atomic E-state index is 13.3. The van der Waals surface area contributed by atoms with E-state index in [0.29, 0.717) is 32.1 Å². The Labute approximate surface area is 189 Å². The number of nitrogens with zero attached hydrogens (tertiary/aromatic N) is 4. The summed E-state index contributed by atoms with van der Waals surface area (Å²) in [5.74, 6) is 0.514. The predicted octanol–water partition coefficient (Wildman–Crippen LogP) is 2.59. The number of amides is 2. The maximum Gasteiger partial charge on any atom is 0.242 e. The fraction of sp³-hybridized carbons (Fsp3) is 0.333. The smallest absolute Gasteiger partial charge is 0.242 e. The molecule has 2 N–H and O–H groups in total. The average Bonchev–Trinajstić information content (AvgIpc) is 3.49. The Bertz CT molecular complexity index is 1410. The molecule has 4 aromatic rings. The van der Waals surface area contributed by atoms with E-state index < -0.39 is 5.41 Å². The SMILES string of the molecule is CC1(C)C(=O)N(CC(=O)N2CCOCC2)c2cc3[nH]c(-c4n[nH]c5ccccc45)nc3cc21. The van der Waals surface area contributed by atoms with Gasteiger partial charge in [0, 0.05) is 18.5 Å². The Morgan fingerprint density at radius 1 is 1.15 bits per heavy atom. The van der Waals surface area contributed by atoms with Crippen molar-refractivity contribution >= 4 is 39.4 Å². The summed E-state index contributed by atoms with van der Waals surface area (Å²) in [6, 6.07) is 11.8. The predicted molar refractivity (Wildman–Crippen MR) is 124 cm³/mol. The van der Waals surface area contributed by atoms with Gasteiger partial charge in [-0.15, -0.1) is 0 Å². The van der Waals surface area contributed by atoms with E-state index in [-0.39, 0.29) is 18.4 Å². The number of H-pyrrole nitrogens is 2. The highest BCUT2D eigenvalue weighted by Crippen LogP contribution is 2.43. The first-order chi connectivity index (χ1) is 15.9. The lowest BCUT2D eigenvalue weighted by molar-refractivity contribution is -0.135. The van der Waals surface area contributed by atoms with Gasteiger partial charge in [0.2, 0.25) is 11.8 Å². The Morgan fingerprint density at radius 3 is 2.76 bits per heavy atom. The molecule has 33 heavy (non-hydrogen) atoms. The first kappa shape index (κ1) is 19.9. The minimum atomic E-state index is -0.743. The number of carbonyl (C=O) groups is 2. The van der Waals surface area contributed by atoms with Crippen LogP contribution in [0.5, 0.6) is 0 Å². The zero-order valence-corrected chi connectivity index (χ0v) is 18.5. The number of morpholine rings is 1. The number of benzene rings is 2. The Morgan fingerprint density at radius 2 is 1.94 bits per heavy atom. The van der Waals surface area contributed by atoms with Crippen LogP contribution in [-0.2, 0) is 19.7 Å². The molecule has 2 aromatic heterocycles. The van der Waals surface area contributed by atoms with E-state index in [0.717, 1.165) is 38.9 Å². The largest absolute Gasteiger partial charge is 0.378 e. The van der Waals surface area contributed by atoms with Crippen molar-refractivity contribution < 1.29 is 14.3 Å². The second kappa shape index (κ2) is 7.14. The number of carbonyl (C=O) groups excluding carboxylic acids is 2. The Balaban J connectivity index is 1.40. The molecule has 9 heteroatoms. The number of nitrogens with one attached hydrogen (secondary N) is 2. The van der Waals surface area contributed by atoms with Crippen molar-refractivity contribution in [1.29, 1.82) is 0 Å². The van der Waals surface area contributed by atoms with Gasteiger partial charge in [-0.25, -0.2) is 4.98 Å². The van der Waals surface area contributed by atoms with Crippen LogP contribution in [0.4, 0.5) is 5.69 Å². The third kappa shape index (κ3) is 3.03. The molecule has 9 nitrogen and oxygen atoms in total. The van der Waals surface area contributed by atoms with E-state index in [1.165, 1.54) is 0 Å². The molecule has 0 saturated carbocycles. The zero-order chi connectivity index (χ0) is 22.7. The molecule has 4 heterocycles. The van der Waals surface area contributed by atoms with Crippen molar-refractivity contribution in [1.82, 2.24) is 25.1 Å². The molecular weight excluding hydrogens is 420 g/mol. The summed E-state index contributed by atoms with van der Waals surface area (Å²) in [6.45, 7) is 5.98. The van der Waals surface area contributed by atoms with Gasteiger partial charge < -0.3 is 19.5 Å². The molecular formula is C24H24N6O3. The van der Waals surface area contributed by atoms with Crippen LogP contribution in [0.1, 0.15) is 19.4 Å². The summed E-state index contributed by atoms with van der Waals surface area (Å²) < 4.78 is 5.35. The van der Waals surface area contributed by atoms with Crippen molar-refractivity contribution in [2.75, 3.05) is 37.7 Å². The molecule has 1 fully saturated rings. The number of para-hydroxylation sites is 1. The van der Waals surface area contributed by atoms with Gasteiger partial charge in [-0.3, -0.25) is 14.7 Å². The lowest BCUT2D eigenvalue weighted by Gasteiger charge is -2.29. The number of hydrogen-bond acceptors (Lipinski definition) is 5. The topological polar surface area (TPSA) is 107 Å². The number of hydrogen-bond donors (Lipinski definition) is 2. The fourth-order valence-electron chi connectivity index (χ4n) is 4.79. The van der Waals surface area contributed by atoms with Crippen LogP contribution in [0.15, 0.2) is 36.4 Å². The number of aromatic amines is 2. The highest BCUT2D eigenvalue weighted by Gasteiger charge is 2.45. The molecule has 2 amide bonds. The van der Waals surface area contributed by atoms with Gasteiger partial charge in [-0.1, -0.05) is 18.2 Å². The average molecular weight is 444 g/mol. The van der Waals surface area contributed by atoms with Crippen LogP contribution in [0.25, 0.3) is 33.5 Å². The molecule has 168 valence electrons. The molecule has 0 atom stereocenters. The van der Waals surface area contributed by atoms with Crippen molar-refractivity contribution in [2.45, 2.75) is 19.3 Å². The first-order valence-electron chi connectivity index (χ1n) is 11.1. The monoisotopic (exact) mass is 444 g/mol. The lowest BCUT2D eigenvalue weighted by atomic mass is 9.86. The van der Waals surface area contributed by atoms with Gasteiger partial charge in [-0.05, 0) is 37.6 Å². The summed E-state index contributed by atoms with van der Waals surface area (Å²) in [7, 11) is 0. The normalized spacial score (nSPS) is 17.8. The molecule has 0 aliphatic carbocycles. The molecule has 0 bridgehead atoms. The zero-order valence-electron chi connectivity index (χ0n) is 18.5. The van der Waals surface area contributed by atoms with Crippen LogP contribution >= 0.6 is 0 Å². The van der Waals surface area contributed by atoms with Gasteiger partial charge in [0.15, 0.2) is 5.82 Å². The van der Waals surface area contributed by atoms with E-state index in [1.54, 1.807) is 9.80 Å². The number of aromatic nitrogens is 4. The highest BCUT2D eigenvalue weighted by molar-refractivity contribution is 6.12. The molecule has 0 radical (unpaired) electrons. The fourth-order valence-corrected chi connectivity index (χ4v) is 4.79. The summed E-state index contributed by atoms with van der Waals surface area (Å²) in [4.78, 5) is 37.7.